The Morgan fingerprint density at radius 1 is 1.44 bits per heavy atom. The molecule has 3 nitrogen and oxygen atoms in total. The topological polar surface area (TPSA) is 47.3 Å². The average molecular weight is 291 g/mol. The Bertz CT molecular complexity index is 347. The van der Waals surface area contributed by atoms with Gasteiger partial charge in [-0.05, 0) is 34.8 Å². The quantitative estimate of drug-likeness (QED) is 0.625. The van der Waals surface area contributed by atoms with E-state index >= 15 is 0 Å². The van der Waals surface area contributed by atoms with Crippen molar-refractivity contribution in [2.24, 2.45) is 0 Å². The summed E-state index contributed by atoms with van der Waals surface area (Å²) in [6.07, 6.45) is 1.94. The molecule has 0 heterocycles. The van der Waals surface area contributed by atoms with Crippen LogP contribution >= 0.6 is 15.9 Å². The van der Waals surface area contributed by atoms with E-state index < -0.39 is 0 Å². The molecule has 0 spiro atoms. The van der Waals surface area contributed by atoms with Gasteiger partial charge in [-0.15, -0.1) is 0 Å². The minimum absolute atomic E-state index is 0.311. The van der Waals surface area contributed by atoms with E-state index in [1.54, 1.807) is 13.2 Å². The Hall–Kier alpha value is -0.810. The first-order chi connectivity index (χ1) is 7.65. The number of nitrogens with one attached hydrogen (secondary N) is 1. The van der Waals surface area contributed by atoms with E-state index in [-0.39, 0.29) is 5.82 Å². The van der Waals surface area contributed by atoms with Crippen molar-refractivity contribution in [2.45, 2.75) is 12.8 Å². The number of halogens is 2. The number of nitrogens with two attached hydrogens (primary N) is 1. The third kappa shape index (κ3) is 3.98. The molecule has 0 aliphatic rings. The van der Waals surface area contributed by atoms with Crippen LogP contribution in [0.1, 0.15) is 12.8 Å². The van der Waals surface area contributed by atoms with Crippen molar-refractivity contribution in [2.75, 3.05) is 31.3 Å². The molecule has 0 unspecified atom stereocenters. The molecule has 0 aromatic heterocycles. The van der Waals surface area contributed by atoms with Crippen molar-refractivity contribution in [3.05, 3.63) is 22.4 Å². The molecule has 16 heavy (non-hydrogen) atoms. The van der Waals surface area contributed by atoms with Gasteiger partial charge in [-0.2, -0.15) is 0 Å². The number of benzene rings is 1. The van der Waals surface area contributed by atoms with Crippen LogP contribution in [-0.4, -0.2) is 20.3 Å². The first-order valence-corrected chi connectivity index (χ1v) is 5.91. The van der Waals surface area contributed by atoms with Crippen LogP contribution in [0, 0.1) is 5.82 Å². The number of hydrogen-bond acceptors (Lipinski definition) is 3. The van der Waals surface area contributed by atoms with Crippen LogP contribution < -0.4 is 11.1 Å². The SMILES string of the molecule is COCCCCNc1cc(F)c(Br)cc1N. The molecule has 0 aliphatic carbocycles. The van der Waals surface area contributed by atoms with Gasteiger partial charge in [0.15, 0.2) is 0 Å². The number of anilines is 2. The maximum atomic E-state index is 13.2. The number of unbranched alkanes of at least 4 members (excludes halogenated alkanes) is 1. The molecule has 1 rings (SSSR count). The molecule has 5 heteroatoms. The molecule has 3 N–H and O–H groups in total. The molecule has 0 saturated heterocycles. The third-order valence-electron chi connectivity index (χ3n) is 2.18. The molecule has 0 bridgehead atoms. The van der Waals surface area contributed by atoms with Gasteiger partial charge < -0.3 is 15.8 Å². The molecular weight excluding hydrogens is 275 g/mol. The monoisotopic (exact) mass is 290 g/mol. The van der Waals surface area contributed by atoms with E-state index in [0.717, 1.165) is 26.0 Å². The lowest BCUT2D eigenvalue weighted by molar-refractivity contribution is 0.194. The fourth-order valence-electron chi connectivity index (χ4n) is 1.31. The van der Waals surface area contributed by atoms with E-state index in [4.69, 9.17) is 10.5 Å². The van der Waals surface area contributed by atoms with Crippen molar-refractivity contribution in [3.8, 4) is 0 Å². The fourth-order valence-corrected chi connectivity index (χ4v) is 1.67. The molecule has 0 fully saturated rings. The van der Waals surface area contributed by atoms with Gasteiger partial charge in [0.1, 0.15) is 5.82 Å². The molecule has 0 saturated carbocycles. The number of rotatable bonds is 6. The van der Waals surface area contributed by atoms with Crippen LogP contribution in [0.25, 0.3) is 0 Å². The van der Waals surface area contributed by atoms with Crippen LogP contribution in [0.3, 0.4) is 0 Å². The zero-order valence-electron chi connectivity index (χ0n) is 9.22. The molecule has 0 amide bonds. The van der Waals surface area contributed by atoms with Crippen LogP contribution in [0.5, 0.6) is 0 Å². The van der Waals surface area contributed by atoms with E-state index in [1.165, 1.54) is 6.07 Å². The minimum Gasteiger partial charge on any atom is -0.397 e. The summed E-state index contributed by atoms with van der Waals surface area (Å²) in [7, 11) is 1.68. The summed E-state index contributed by atoms with van der Waals surface area (Å²) in [5, 5.41) is 3.10. The van der Waals surface area contributed by atoms with Crippen molar-refractivity contribution in [1.82, 2.24) is 0 Å². The van der Waals surface area contributed by atoms with Gasteiger partial charge in [0.05, 0.1) is 15.8 Å². The van der Waals surface area contributed by atoms with Crippen LogP contribution in [-0.2, 0) is 4.74 Å². The van der Waals surface area contributed by atoms with E-state index in [1.807, 2.05) is 0 Å². The summed E-state index contributed by atoms with van der Waals surface area (Å²) in [4.78, 5) is 0. The van der Waals surface area contributed by atoms with Crippen molar-refractivity contribution in [3.63, 3.8) is 0 Å². The predicted octanol–water partition coefficient (Wildman–Crippen LogP) is 3.01. The van der Waals surface area contributed by atoms with Crippen LogP contribution in [0.2, 0.25) is 0 Å². The summed E-state index contributed by atoms with van der Waals surface area (Å²) in [5.41, 5.74) is 6.93. The summed E-state index contributed by atoms with van der Waals surface area (Å²) < 4.78 is 18.5. The molecular formula is C11H16BrFN2O. The second-order valence-electron chi connectivity index (χ2n) is 3.48. The maximum Gasteiger partial charge on any atom is 0.139 e. The number of methoxy groups -OCH3 is 1. The Kier molecular flexibility index (Phi) is 5.55. The highest BCUT2D eigenvalue weighted by molar-refractivity contribution is 9.10. The van der Waals surface area contributed by atoms with Crippen LogP contribution in [0.15, 0.2) is 16.6 Å². The standard InChI is InChI=1S/C11H16BrFN2O/c1-16-5-3-2-4-15-11-7-9(13)8(12)6-10(11)14/h6-7,15H,2-5,14H2,1H3. The highest BCUT2D eigenvalue weighted by Gasteiger charge is 2.05. The van der Waals surface area contributed by atoms with Gasteiger partial charge in [0, 0.05) is 26.3 Å². The summed E-state index contributed by atoms with van der Waals surface area (Å²) >= 11 is 3.08. The highest BCUT2D eigenvalue weighted by Crippen LogP contribution is 2.26. The average Bonchev–Trinajstić information content (AvgIpc) is 2.25. The molecule has 1 aromatic rings. The number of nitrogen functional groups attached to an aromatic ring is 1. The van der Waals surface area contributed by atoms with E-state index in [9.17, 15) is 4.39 Å². The Balaban J connectivity index is 2.45. The maximum absolute atomic E-state index is 13.2. The molecule has 0 aliphatic heterocycles. The van der Waals surface area contributed by atoms with Crippen molar-refractivity contribution in [1.29, 1.82) is 0 Å². The molecule has 0 atom stereocenters. The normalized spacial score (nSPS) is 10.4. The second-order valence-corrected chi connectivity index (χ2v) is 4.33. The van der Waals surface area contributed by atoms with Gasteiger partial charge in [0.25, 0.3) is 0 Å². The van der Waals surface area contributed by atoms with Crippen molar-refractivity contribution < 1.29 is 9.13 Å². The Morgan fingerprint density at radius 3 is 2.88 bits per heavy atom. The number of hydrogen-bond donors (Lipinski definition) is 2. The van der Waals surface area contributed by atoms with E-state index in [0.29, 0.717) is 15.8 Å². The second kappa shape index (κ2) is 6.70. The molecule has 1 aromatic carbocycles. The summed E-state index contributed by atoms with van der Waals surface area (Å²) in [6.45, 7) is 1.50. The summed E-state index contributed by atoms with van der Waals surface area (Å²) in [6, 6.07) is 2.96. The van der Waals surface area contributed by atoms with Gasteiger partial charge in [-0.1, -0.05) is 0 Å². The Labute approximate surface area is 103 Å². The summed E-state index contributed by atoms with van der Waals surface area (Å²) in [5.74, 6) is -0.311. The fraction of sp³-hybridized carbons (Fsp3) is 0.455. The van der Waals surface area contributed by atoms with Gasteiger partial charge >= 0.3 is 0 Å². The zero-order valence-corrected chi connectivity index (χ0v) is 10.8. The molecule has 90 valence electrons. The first kappa shape index (κ1) is 13.3. The minimum atomic E-state index is -0.311. The lowest BCUT2D eigenvalue weighted by atomic mass is 10.2. The molecule has 0 radical (unpaired) electrons. The van der Waals surface area contributed by atoms with Crippen LogP contribution in [0.4, 0.5) is 15.8 Å². The van der Waals surface area contributed by atoms with Gasteiger partial charge in [-0.25, -0.2) is 4.39 Å². The highest BCUT2D eigenvalue weighted by atomic mass is 79.9. The largest absolute Gasteiger partial charge is 0.397 e. The van der Waals surface area contributed by atoms with Gasteiger partial charge in [-0.3, -0.25) is 0 Å². The lowest BCUT2D eigenvalue weighted by Crippen LogP contribution is -2.05. The predicted molar refractivity (Wildman–Crippen MR) is 68.1 cm³/mol. The van der Waals surface area contributed by atoms with Crippen molar-refractivity contribution >= 4 is 27.3 Å². The van der Waals surface area contributed by atoms with E-state index in [2.05, 4.69) is 21.2 Å². The van der Waals surface area contributed by atoms with Gasteiger partial charge in [0.2, 0.25) is 0 Å². The number of ether oxygens (including phenoxy) is 1. The smallest absolute Gasteiger partial charge is 0.139 e. The lowest BCUT2D eigenvalue weighted by Gasteiger charge is -2.10. The zero-order chi connectivity index (χ0) is 12.0. The first-order valence-electron chi connectivity index (χ1n) is 5.12. The third-order valence-corrected chi connectivity index (χ3v) is 2.79. The Morgan fingerprint density at radius 2 is 2.19 bits per heavy atom.